The molecular weight excluding hydrogens is 230 g/mol. The Hall–Kier alpha value is -0.0400. The molecule has 0 aromatic heterocycles. The molecule has 0 aromatic rings. The van der Waals surface area contributed by atoms with Crippen molar-refractivity contribution in [1.82, 2.24) is 5.32 Å². The van der Waals surface area contributed by atoms with Gasteiger partial charge in [0.2, 0.25) is 0 Å². The van der Waals surface area contributed by atoms with E-state index in [-0.39, 0.29) is 0 Å². The number of hydrogen-bond acceptors (Lipinski definition) is 1. The van der Waals surface area contributed by atoms with E-state index in [1.165, 1.54) is 77.3 Å². The van der Waals surface area contributed by atoms with Gasteiger partial charge < -0.3 is 5.32 Å². The summed E-state index contributed by atoms with van der Waals surface area (Å²) in [6.45, 7) is 10.0. The second kappa shape index (κ2) is 6.61. The molecule has 1 heterocycles. The summed E-state index contributed by atoms with van der Waals surface area (Å²) in [4.78, 5) is 0. The zero-order chi connectivity index (χ0) is 13.8. The van der Waals surface area contributed by atoms with Crippen molar-refractivity contribution in [3.05, 3.63) is 0 Å². The second-order valence-electron chi connectivity index (χ2n) is 8.29. The van der Waals surface area contributed by atoms with Crippen LogP contribution in [0.4, 0.5) is 0 Å². The zero-order valence-electron chi connectivity index (χ0n) is 13.6. The molecule has 2 rings (SSSR count). The third-order valence-corrected chi connectivity index (χ3v) is 5.82. The van der Waals surface area contributed by atoms with Gasteiger partial charge in [-0.3, -0.25) is 0 Å². The lowest BCUT2D eigenvalue weighted by molar-refractivity contribution is 0.0588. The van der Waals surface area contributed by atoms with E-state index in [0.29, 0.717) is 10.8 Å². The van der Waals surface area contributed by atoms with Crippen molar-refractivity contribution in [3.63, 3.8) is 0 Å². The number of rotatable bonds is 1. The second-order valence-corrected chi connectivity index (χ2v) is 8.29. The van der Waals surface area contributed by atoms with E-state index in [2.05, 4.69) is 26.1 Å². The van der Waals surface area contributed by atoms with Gasteiger partial charge in [-0.15, -0.1) is 0 Å². The van der Waals surface area contributed by atoms with Crippen molar-refractivity contribution in [2.75, 3.05) is 13.1 Å². The first-order valence-electron chi connectivity index (χ1n) is 8.73. The fourth-order valence-corrected chi connectivity index (χ4v) is 4.70. The maximum absolute atomic E-state index is 3.67. The van der Waals surface area contributed by atoms with Gasteiger partial charge in [0, 0.05) is 0 Å². The molecule has 112 valence electrons. The van der Waals surface area contributed by atoms with Crippen molar-refractivity contribution < 1.29 is 0 Å². The minimum Gasteiger partial charge on any atom is -0.317 e. The van der Waals surface area contributed by atoms with Crippen LogP contribution in [0.3, 0.4) is 0 Å². The van der Waals surface area contributed by atoms with Crippen LogP contribution < -0.4 is 5.32 Å². The van der Waals surface area contributed by atoms with Gasteiger partial charge in [0.25, 0.3) is 0 Å². The standard InChI is InChI=1S/C18H35N/c1-17(2)11-13-19-14-12-18(3,15-17)16-9-7-5-4-6-8-10-16/h16,19H,4-15H2,1-3H3. The Labute approximate surface area is 120 Å². The first-order chi connectivity index (χ1) is 9.02. The molecule has 1 aliphatic carbocycles. The highest BCUT2D eigenvalue weighted by Gasteiger charge is 2.38. The molecule has 1 N–H and O–H groups in total. The quantitative estimate of drug-likeness (QED) is 0.691. The fraction of sp³-hybridized carbons (Fsp3) is 1.00. The molecule has 0 aromatic carbocycles. The monoisotopic (exact) mass is 265 g/mol. The van der Waals surface area contributed by atoms with Gasteiger partial charge in [-0.25, -0.2) is 0 Å². The Balaban J connectivity index is 2.06. The van der Waals surface area contributed by atoms with E-state index in [1.54, 1.807) is 0 Å². The topological polar surface area (TPSA) is 12.0 Å². The van der Waals surface area contributed by atoms with Crippen molar-refractivity contribution in [2.24, 2.45) is 16.7 Å². The minimum atomic E-state index is 0.518. The van der Waals surface area contributed by atoms with Gasteiger partial charge in [0.05, 0.1) is 0 Å². The molecule has 1 nitrogen and oxygen atoms in total. The molecule has 2 aliphatic rings. The normalized spacial score (nSPS) is 34.9. The summed E-state index contributed by atoms with van der Waals surface area (Å²) in [6, 6.07) is 0. The van der Waals surface area contributed by atoms with Crippen molar-refractivity contribution >= 4 is 0 Å². The maximum atomic E-state index is 3.67. The predicted octanol–water partition coefficient (Wildman–Crippen LogP) is 5.15. The van der Waals surface area contributed by atoms with Crippen LogP contribution in [-0.2, 0) is 0 Å². The van der Waals surface area contributed by atoms with Crippen molar-refractivity contribution in [1.29, 1.82) is 0 Å². The molecule has 0 amide bonds. The lowest BCUT2D eigenvalue weighted by atomic mass is 9.61. The first-order valence-corrected chi connectivity index (χ1v) is 8.73. The Morgan fingerprint density at radius 2 is 1.37 bits per heavy atom. The molecule has 1 heteroatoms. The summed E-state index contributed by atoms with van der Waals surface area (Å²) >= 11 is 0. The largest absolute Gasteiger partial charge is 0.317 e. The Kier molecular flexibility index (Phi) is 5.34. The molecule has 1 atom stereocenters. The molecule has 1 unspecified atom stereocenters. The zero-order valence-corrected chi connectivity index (χ0v) is 13.6. The highest BCUT2D eigenvalue weighted by Crippen LogP contribution is 2.48. The smallest absolute Gasteiger partial charge is 0.00436 e. The Bertz CT molecular complexity index is 263. The third kappa shape index (κ3) is 4.48. The number of nitrogens with one attached hydrogen (secondary N) is 1. The molecule has 1 saturated heterocycles. The average Bonchev–Trinajstić information content (AvgIpc) is 2.24. The van der Waals surface area contributed by atoms with E-state index in [4.69, 9.17) is 0 Å². The molecule has 0 spiro atoms. The molecule has 2 fully saturated rings. The Morgan fingerprint density at radius 3 is 2.05 bits per heavy atom. The van der Waals surface area contributed by atoms with E-state index >= 15 is 0 Å². The van der Waals surface area contributed by atoms with Gasteiger partial charge in [0.1, 0.15) is 0 Å². The van der Waals surface area contributed by atoms with Crippen LogP contribution in [0.15, 0.2) is 0 Å². The molecular formula is C18H35N. The SMILES string of the molecule is CC1(C)CCNCCC(C)(C2CCCCCCC2)C1. The summed E-state index contributed by atoms with van der Waals surface area (Å²) in [5, 5.41) is 3.67. The average molecular weight is 265 g/mol. The third-order valence-electron chi connectivity index (χ3n) is 5.82. The van der Waals surface area contributed by atoms with Gasteiger partial charge in [-0.1, -0.05) is 52.9 Å². The van der Waals surface area contributed by atoms with Crippen LogP contribution in [0.2, 0.25) is 0 Å². The summed E-state index contributed by atoms with van der Waals surface area (Å²) in [5.41, 5.74) is 1.10. The van der Waals surface area contributed by atoms with Crippen molar-refractivity contribution in [2.45, 2.75) is 85.0 Å². The maximum Gasteiger partial charge on any atom is -0.00436 e. The number of hydrogen-bond donors (Lipinski definition) is 1. The minimum absolute atomic E-state index is 0.518. The van der Waals surface area contributed by atoms with Crippen LogP contribution in [0, 0.1) is 16.7 Å². The van der Waals surface area contributed by atoms with Crippen molar-refractivity contribution in [3.8, 4) is 0 Å². The van der Waals surface area contributed by atoms with Gasteiger partial charge in [0.15, 0.2) is 0 Å². The summed E-state index contributed by atoms with van der Waals surface area (Å²) in [5.74, 6) is 0.979. The van der Waals surface area contributed by atoms with Crippen LogP contribution in [-0.4, -0.2) is 13.1 Å². The van der Waals surface area contributed by atoms with Gasteiger partial charge in [-0.2, -0.15) is 0 Å². The summed E-state index contributed by atoms with van der Waals surface area (Å²) in [7, 11) is 0. The van der Waals surface area contributed by atoms with E-state index in [9.17, 15) is 0 Å². The first kappa shape index (κ1) is 15.4. The highest BCUT2D eigenvalue weighted by atomic mass is 14.9. The van der Waals surface area contributed by atoms with E-state index in [1.807, 2.05) is 0 Å². The lowest BCUT2D eigenvalue weighted by Gasteiger charge is -2.45. The van der Waals surface area contributed by atoms with Crippen LogP contribution in [0.5, 0.6) is 0 Å². The molecule has 1 saturated carbocycles. The Morgan fingerprint density at radius 1 is 0.789 bits per heavy atom. The van der Waals surface area contributed by atoms with Gasteiger partial charge >= 0.3 is 0 Å². The molecule has 19 heavy (non-hydrogen) atoms. The molecule has 0 radical (unpaired) electrons. The highest BCUT2D eigenvalue weighted by molar-refractivity contribution is 4.90. The van der Waals surface area contributed by atoms with Gasteiger partial charge in [-0.05, 0) is 61.9 Å². The lowest BCUT2D eigenvalue weighted by Crippen LogP contribution is -2.40. The summed E-state index contributed by atoms with van der Waals surface area (Å²) in [6.07, 6.45) is 14.6. The van der Waals surface area contributed by atoms with Crippen LogP contribution in [0.25, 0.3) is 0 Å². The predicted molar refractivity (Wildman–Crippen MR) is 84.4 cm³/mol. The fourth-order valence-electron chi connectivity index (χ4n) is 4.70. The van der Waals surface area contributed by atoms with E-state index in [0.717, 1.165) is 5.92 Å². The van der Waals surface area contributed by atoms with E-state index < -0.39 is 0 Å². The summed E-state index contributed by atoms with van der Waals surface area (Å²) < 4.78 is 0. The molecule has 0 bridgehead atoms. The van der Waals surface area contributed by atoms with Crippen LogP contribution in [0.1, 0.15) is 85.0 Å². The molecule has 1 aliphatic heterocycles. The van der Waals surface area contributed by atoms with Crippen LogP contribution >= 0.6 is 0 Å².